The summed E-state index contributed by atoms with van der Waals surface area (Å²) in [4.78, 5) is 14.7. The molecule has 0 spiro atoms. The van der Waals surface area contributed by atoms with E-state index in [1.165, 1.54) is 17.0 Å². The average Bonchev–Trinajstić information content (AvgIpc) is 2.97. The van der Waals surface area contributed by atoms with E-state index in [1.54, 1.807) is 43.5 Å². The highest BCUT2D eigenvalue weighted by Crippen LogP contribution is 2.23. The first-order chi connectivity index (χ1) is 14.6. The molecular formula is C22H24FN5O2. The van der Waals surface area contributed by atoms with Gasteiger partial charge in [0.1, 0.15) is 17.4 Å². The number of methoxy groups -OCH3 is 1. The summed E-state index contributed by atoms with van der Waals surface area (Å²) in [5.41, 5.74) is 1.03. The number of hydrogen-bond acceptors (Lipinski definition) is 4. The normalized spacial score (nSPS) is 13.3. The van der Waals surface area contributed by atoms with E-state index in [0.717, 1.165) is 38.1 Å². The Balaban J connectivity index is 1.63. The van der Waals surface area contributed by atoms with Crippen molar-refractivity contribution in [3.63, 3.8) is 0 Å². The fourth-order valence-electron chi connectivity index (χ4n) is 3.62. The van der Waals surface area contributed by atoms with E-state index in [9.17, 15) is 9.18 Å². The third-order valence-corrected chi connectivity index (χ3v) is 5.17. The van der Waals surface area contributed by atoms with Crippen molar-refractivity contribution in [3.05, 3.63) is 66.0 Å². The summed E-state index contributed by atoms with van der Waals surface area (Å²) in [6, 6.07) is 12.7. The van der Waals surface area contributed by atoms with Crippen molar-refractivity contribution in [3.8, 4) is 5.75 Å². The molecule has 1 N–H and O–H groups in total. The Labute approximate surface area is 174 Å². The molecule has 0 unspecified atom stereocenters. The molecule has 30 heavy (non-hydrogen) atoms. The molecule has 0 fully saturated rings. The summed E-state index contributed by atoms with van der Waals surface area (Å²) >= 11 is 0. The fourth-order valence-corrected chi connectivity index (χ4v) is 3.62. The number of carbonyl (C=O) groups excluding carboxylic acids is 1. The van der Waals surface area contributed by atoms with E-state index < -0.39 is 5.82 Å². The maximum absolute atomic E-state index is 13.9. The van der Waals surface area contributed by atoms with Gasteiger partial charge in [0.05, 0.1) is 13.7 Å². The number of aromatic nitrogens is 3. The highest BCUT2D eigenvalue weighted by Gasteiger charge is 2.22. The van der Waals surface area contributed by atoms with Gasteiger partial charge in [-0.05, 0) is 43.2 Å². The molecule has 2 aromatic carbocycles. The topological polar surface area (TPSA) is 72.3 Å². The molecule has 8 heteroatoms. The number of amides is 2. The predicted molar refractivity (Wildman–Crippen MR) is 112 cm³/mol. The van der Waals surface area contributed by atoms with Crippen LogP contribution in [0.3, 0.4) is 0 Å². The summed E-state index contributed by atoms with van der Waals surface area (Å²) in [5, 5.41) is 11.5. The van der Waals surface area contributed by atoms with Crippen molar-refractivity contribution >= 4 is 17.4 Å². The first kappa shape index (κ1) is 19.9. The molecule has 0 saturated heterocycles. The van der Waals surface area contributed by atoms with Gasteiger partial charge in [0.15, 0.2) is 5.82 Å². The number of hydrogen-bond donors (Lipinski definition) is 1. The minimum Gasteiger partial charge on any atom is -0.497 e. The average molecular weight is 409 g/mol. The molecule has 1 aliphatic heterocycles. The van der Waals surface area contributed by atoms with Crippen molar-refractivity contribution in [2.45, 2.75) is 38.8 Å². The van der Waals surface area contributed by atoms with Crippen LogP contribution in [0.25, 0.3) is 0 Å². The monoisotopic (exact) mass is 409 g/mol. The molecule has 2 heterocycles. The van der Waals surface area contributed by atoms with Gasteiger partial charge in [-0.15, -0.1) is 10.2 Å². The van der Waals surface area contributed by atoms with E-state index in [0.29, 0.717) is 22.9 Å². The lowest BCUT2D eigenvalue weighted by molar-refractivity contribution is 0.256. The zero-order chi connectivity index (χ0) is 20.9. The zero-order valence-electron chi connectivity index (χ0n) is 16.8. The van der Waals surface area contributed by atoms with Crippen molar-refractivity contribution in [2.75, 3.05) is 17.3 Å². The van der Waals surface area contributed by atoms with Crippen LogP contribution in [0.4, 0.5) is 20.6 Å². The van der Waals surface area contributed by atoms with Crippen molar-refractivity contribution in [1.82, 2.24) is 14.8 Å². The van der Waals surface area contributed by atoms with E-state index in [-0.39, 0.29) is 12.6 Å². The van der Waals surface area contributed by atoms with Gasteiger partial charge in [-0.1, -0.05) is 18.6 Å². The van der Waals surface area contributed by atoms with Crippen molar-refractivity contribution in [2.24, 2.45) is 0 Å². The number of halogens is 1. The van der Waals surface area contributed by atoms with Gasteiger partial charge < -0.3 is 14.6 Å². The summed E-state index contributed by atoms with van der Waals surface area (Å²) < 4.78 is 21.2. The quantitative estimate of drug-likeness (QED) is 0.678. The second kappa shape index (κ2) is 8.94. The van der Waals surface area contributed by atoms with Crippen LogP contribution in [0, 0.1) is 5.82 Å². The van der Waals surface area contributed by atoms with Crippen LogP contribution in [-0.4, -0.2) is 27.9 Å². The van der Waals surface area contributed by atoms with Gasteiger partial charge in [0.2, 0.25) is 0 Å². The Hall–Kier alpha value is -3.42. The largest absolute Gasteiger partial charge is 0.497 e. The minimum absolute atomic E-state index is 0.187. The second-order valence-electron chi connectivity index (χ2n) is 7.22. The van der Waals surface area contributed by atoms with Gasteiger partial charge in [-0.25, -0.2) is 9.18 Å². The molecular weight excluding hydrogens is 385 g/mol. The molecule has 0 radical (unpaired) electrons. The molecule has 3 aromatic rings. The molecule has 4 rings (SSSR count). The van der Waals surface area contributed by atoms with Gasteiger partial charge in [0.25, 0.3) is 0 Å². The summed E-state index contributed by atoms with van der Waals surface area (Å²) in [6.45, 7) is 1.01. The van der Waals surface area contributed by atoms with Crippen LogP contribution in [0.2, 0.25) is 0 Å². The number of rotatable bonds is 5. The Morgan fingerprint density at radius 3 is 2.87 bits per heavy atom. The molecule has 1 aliphatic rings. The minimum atomic E-state index is -0.410. The van der Waals surface area contributed by atoms with Crippen LogP contribution in [-0.2, 0) is 19.5 Å². The van der Waals surface area contributed by atoms with Gasteiger partial charge in [-0.3, -0.25) is 4.90 Å². The highest BCUT2D eigenvalue weighted by molar-refractivity contribution is 6.01. The fraction of sp³-hybridized carbons (Fsp3) is 0.318. The first-order valence-electron chi connectivity index (χ1n) is 10.0. The lowest BCUT2D eigenvalue weighted by atomic mass is 10.2. The number of benzene rings is 2. The highest BCUT2D eigenvalue weighted by atomic mass is 19.1. The summed E-state index contributed by atoms with van der Waals surface area (Å²) in [7, 11) is 1.57. The summed E-state index contributed by atoms with van der Waals surface area (Å²) in [5.74, 6) is 1.85. The Morgan fingerprint density at radius 1 is 1.17 bits per heavy atom. The van der Waals surface area contributed by atoms with Gasteiger partial charge >= 0.3 is 6.03 Å². The lowest BCUT2D eigenvalue weighted by Gasteiger charge is -2.23. The molecule has 7 nitrogen and oxygen atoms in total. The van der Waals surface area contributed by atoms with Crippen LogP contribution < -0.4 is 15.0 Å². The number of nitrogens with zero attached hydrogens (tertiary/aromatic N) is 4. The number of urea groups is 1. The van der Waals surface area contributed by atoms with Gasteiger partial charge in [0, 0.05) is 30.4 Å². The third kappa shape index (κ3) is 4.42. The van der Waals surface area contributed by atoms with E-state index in [1.807, 2.05) is 0 Å². The first-order valence-corrected chi connectivity index (χ1v) is 10.0. The Kier molecular flexibility index (Phi) is 5.92. The van der Waals surface area contributed by atoms with E-state index in [2.05, 4.69) is 20.1 Å². The Morgan fingerprint density at radius 2 is 2.03 bits per heavy atom. The third-order valence-electron chi connectivity index (χ3n) is 5.17. The van der Waals surface area contributed by atoms with E-state index in [4.69, 9.17) is 4.74 Å². The van der Waals surface area contributed by atoms with Crippen LogP contribution in [0.5, 0.6) is 5.75 Å². The second-order valence-corrected chi connectivity index (χ2v) is 7.22. The van der Waals surface area contributed by atoms with Gasteiger partial charge in [-0.2, -0.15) is 0 Å². The number of carbonyl (C=O) groups is 1. The lowest BCUT2D eigenvalue weighted by Crippen LogP contribution is -2.35. The number of ether oxygens (including phenoxy) is 1. The summed E-state index contributed by atoms with van der Waals surface area (Å²) in [6.07, 6.45) is 4.16. The maximum atomic E-state index is 13.9. The number of aryl methyl sites for hydroxylation is 1. The maximum Gasteiger partial charge on any atom is 0.326 e. The predicted octanol–water partition coefficient (Wildman–Crippen LogP) is 4.39. The van der Waals surface area contributed by atoms with Crippen LogP contribution >= 0.6 is 0 Å². The number of anilines is 2. The number of fused-ring (bicyclic) bond motifs is 1. The number of nitrogens with one attached hydrogen (secondary N) is 1. The molecule has 0 bridgehead atoms. The smallest absolute Gasteiger partial charge is 0.326 e. The van der Waals surface area contributed by atoms with Crippen molar-refractivity contribution < 1.29 is 13.9 Å². The van der Waals surface area contributed by atoms with Crippen LogP contribution in [0.15, 0.2) is 48.5 Å². The molecule has 156 valence electrons. The molecule has 0 saturated carbocycles. The zero-order valence-corrected chi connectivity index (χ0v) is 16.8. The molecule has 1 aromatic heterocycles. The van der Waals surface area contributed by atoms with Crippen molar-refractivity contribution in [1.29, 1.82) is 0 Å². The SMILES string of the molecule is COc1cccc(NC(=O)N(Cc2nnc3n2CCCCC3)c2cccc(F)c2)c1. The van der Waals surface area contributed by atoms with Crippen LogP contribution in [0.1, 0.15) is 30.9 Å². The molecule has 0 atom stereocenters. The molecule has 2 amide bonds. The van der Waals surface area contributed by atoms with E-state index >= 15 is 0 Å². The Bertz CT molecular complexity index is 1040. The molecule has 0 aliphatic carbocycles. The standard InChI is InChI=1S/C22H24FN5O2/c1-30-19-10-6-8-17(14-19)24-22(29)28(18-9-5-7-16(23)13-18)15-21-26-25-20-11-3-2-4-12-27(20)21/h5-10,13-14H,2-4,11-12,15H2,1H3,(H,24,29).